The molecule has 0 unspecified atom stereocenters. The summed E-state index contributed by atoms with van der Waals surface area (Å²) < 4.78 is 0. The molecule has 0 aromatic carbocycles. The van der Waals surface area contributed by atoms with Crippen LogP contribution >= 0.6 is 12.2 Å². The van der Waals surface area contributed by atoms with Crippen LogP contribution in [0.4, 0.5) is 0 Å². The van der Waals surface area contributed by atoms with Crippen molar-refractivity contribution in [3.05, 3.63) is 0 Å². The fourth-order valence-electron chi connectivity index (χ4n) is 2.14. The lowest BCUT2D eigenvalue weighted by Gasteiger charge is -2.26. The molecule has 0 aromatic heterocycles. The highest BCUT2D eigenvalue weighted by Crippen LogP contribution is 2.25. The van der Waals surface area contributed by atoms with Crippen molar-refractivity contribution in [2.75, 3.05) is 0 Å². The maximum absolute atomic E-state index is 5.15. The van der Waals surface area contributed by atoms with Crippen molar-refractivity contribution in [1.82, 2.24) is 10.7 Å². The van der Waals surface area contributed by atoms with Crippen LogP contribution in [0.5, 0.6) is 0 Å². The number of hydrogen-bond donors (Lipinski definition) is 2. The molecule has 0 bridgehead atoms. The first-order valence-corrected chi connectivity index (χ1v) is 6.55. The zero-order valence-electron chi connectivity index (χ0n) is 10.7. The summed E-state index contributed by atoms with van der Waals surface area (Å²) in [4.78, 5) is 0. The predicted octanol–water partition coefficient (Wildman–Crippen LogP) is 2.67. The minimum absolute atomic E-state index is 0.349. The van der Waals surface area contributed by atoms with Gasteiger partial charge in [0.2, 0.25) is 0 Å². The van der Waals surface area contributed by atoms with Gasteiger partial charge in [-0.05, 0) is 50.7 Å². The molecule has 92 valence electrons. The van der Waals surface area contributed by atoms with Crippen LogP contribution in [0.3, 0.4) is 0 Å². The summed E-state index contributed by atoms with van der Waals surface area (Å²) in [6, 6.07) is 0.349. The molecule has 0 radical (unpaired) electrons. The van der Waals surface area contributed by atoms with Crippen molar-refractivity contribution in [1.29, 1.82) is 0 Å². The van der Waals surface area contributed by atoms with Crippen molar-refractivity contribution in [3.63, 3.8) is 0 Å². The average molecular weight is 241 g/mol. The molecule has 0 aliphatic heterocycles. The Balaban J connectivity index is 2.51. The van der Waals surface area contributed by atoms with Gasteiger partial charge in [0.1, 0.15) is 0 Å². The van der Waals surface area contributed by atoms with Crippen LogP contribution in [-0.2, 0) is 0 Å². The molecule has 0 aromatic rings. The van der Waals surface area contributed by atoms with Gasteiger partial charge in [-0.25, -0.2) is 0 Å². The summed E-state index contributed by atoms with van der Waals surface area (Å²) in [7, 11) is 0. The van der Waals surface area contributed by atoms with Gasteiger partial charge in [-0.3, -0.25) is 5.43 Å². The van der Waals surface area contributed by atoms with Gasteiger partial charge in [0.25, 0.3) is 0 Å². The highest BCUT2D eigenvalue weighted by atomic mass is 32.1. The summed E-state index contributed by atoms with van der Waals surface area (Å²) in [5.41, 5.74) is 4.22. The minimum atomic E-state index is 0.349. The predicted molar refractivity (Wildman–Crippen MR) is 73.6 cm³/mol. The molecule has 1 aliphatic carbocycles. The Hall–Kier alpha value is -0.640. The molecule has 0 spiro atoms. The molecule has 0 heterocycles. The van der Waals surface area contributed by atoms with E-state index in [1.807, 2.05) is 0 Å². The van der Waals surface area contributed by atoms with Gasteiger partial charge >= 0.3 is 0 Å². The number of rotatable bonds is 2. The average Bonchev–Trinajstić information content (AvgIpc) is 2.15. The molecule has 1 aliphatic rings. The molecule has 1 saturated carbocycles. The monoisotopic (exact) mass is 241 g/mol. The third-order valence-electron chi connectivity index (χ3n) is 2.99. The molecule has 0 amide bonds. The Morgan fingerprint density at radius 2 is 1.88 bits per heavy atom. The van der Waals surface area contributed by atoms with Gasteiger partial charge in [-0.1, -0.05) is 20.3 Å². The van der Waals surface area contributed by atoms with Gasteiger partial charge in [-0.15, -0.1) is 0 Å². The van der Waals surface area contributed by atoms with Crippen LogP contribution < -0.4 is 10.7 Å². The Bertz CT molecular complexity index is 261. The van der Waals surface area contributed by atoms with Gasteiger partial charge < -0.3 is 5.32 Å². The first-order chi connectivity index (χ1) is 7.50. The van der Waals surface area contributed by atoms with E-state index in [9.17, 15) is 0 Å². The fourth-order valence-corrected chi connectivity index (χ4v) is 2.42. The molecular weight excluding hydrogens is 218 g/mol. The molecular formula is C12H23N3S. The summed E-state index contributed by atoms with van der Waals surface area (Å²) in [5, 5.41) is 8.20. The smallest absolute Gasteiger partial charge is 0.187 e. The van der Waals surface area contributed by atoms with Crippen LogP contribution in [0.1, 0.15) is 47.0 Å². The molecule has 4 heteroatoms. The molecule has 2 atom stereocenters. The molecule has 16 heavy (non-hydrogen) atoms. The van der Waals surface area contributed by atoms with Gasteiger partial charge in [0.05, 0.1) is 0 Å². The van der Waals surface area contributed by atoms with Crippen LogP contribution in [0.2, 0.25) is 0 Å². The van der Waals surface area contributed by atoms with Gasteiger partial charge in [-0.2, -0.15) is 5.10 Å². The second-order valence-electron chi connectivity index (χ2n) is 5.01. The lowest BCUT2D eigenvalue weighted by Crippen LogP contribution is -2.38. The number of hydrogen-bond acceptors (Lipinski definition) is 2. The Morgan fingerprint density at radius 3 is 2.38 bits per heavy atom. The van der Waals surface area contributed by atoms with Gasteiger partial charge in [0, 0.05) is 11.8 Å². The SMILES string of the molecule is CC(C)NC(=S)NN=C1[C@H](C)CCC[C@H]1C. The maximum atomic E-state index is 5.15. The number of nitrogens with zero attached hydrogens (tertiary/aromatic N) is 1. The Morgan fingerprint density at radius 1 is 1.31 bits per heavy atom. The van der Waals surface area contributed by atoms with Crippen LogP contribution in [0.15, 0.2) is 5.10 Å². The van der Waals surface area contributed by atoms with Crippen LogP contribution in [0, 0.1) is 11.8 Å². The lowest BCUT2D eigenvalue weighted by atomic mass is 9.81. The highest BCUT2D eigenvalue weighted by molar-refractivity contribution is 7.80. The Labute approximate surface area is 104 Å². The topological polar surface area (TPSA) is 36.4 Å². The molecule has 1 rings (SSSR count). The van der Waals surface area contributed by atoms with E-state index in [1.54, 1.807) is 0 Å². The van der Waals surface area contributed by atoms with Crippen molar-refractivity contribution in [2.45, 2.75) is 53.0 Å². The number of nitrogens with one attached hydrogen (secondary N) is 2. The van der Waals surface area contributed by atoms with E-state index in [1.165, 1.54) is 25.0 Å². The van der Waals surface area contributed by atoms with Crippen LogP contribution in [0.25, 0.3) is 0 Å². The van der Waals surface area contributed by atoms with E-state index in [0.29, 0.717) is 23.0 Å². The number of hydrazone groups is 1. The van der Waals surface area contributed by atoms with E-state index >= 15 is 0 Å². The highest BCUT2D eigenvalue weighted by Gasteiger charge is 2.22. The van der Waals surface area contributed by atoms with Crippen LogP contribution in [-0.4, -0.2) is 16.9 Å². The normalized spacial score (nSPS) is 25.4. The summed E-state index contributed by atoms with van der Waals surface area (Å²) in [6.45, 7) is 8.62. The fraction of sp³-hybridized carbons (Fsp3) is 0.833. The van der Waals surface area contributed by atoms with E-state index in [0.717, 1.165) is 0 Å². The molecule has 3 nitrogen and oxygen atoms in total. The van der Waals surface area contributed by atoms with Crippen molar-refractivity contribution >= 4 is 23.0 Å². The van der Waals surface area contributed by atoms with E-state index < -0.39 is 0 Å². The number of thiocarbonyl (C=S) groups is 1. The van der Waals surface area contributed by atoms with E-state index in [2.05, 4.69) is 43.5 Å². The minimum Gasteiger partial charge on any atom is -0.359 e. The van der Waals surface area contributed by atoms with E-state index in [4.69, 9.17) is 12.2 Å². The zero-order chi connectivity index (χ0) is 12.1. The Kier molecular flexibility index (Phi) is 5.19. The molecule has 1 fully saturated rings. The summed E-state index contributed by atoms with van der Waals surface area (Å²) in [6.07, 6.45) is 3.81. The van der Waals surface area contributed by atoms with E-state index in [-0.39, 0.29) is 0 Å². The summed E-state index contributed by atoms with van der Waals surface area (Å²) in [5.74, 6) is 1.16. The first kappa shape index (κ1) is 13.4. The van der Waals surface area contributed by atoms with Gasteiger partial charge in [0.15, 0.2) is 5.11 Å². The lowest BCUT2D eigenvalue weighted by molar-refractivity contribution is 0.483. The third kappa shape index (κ3) is 4.08. The second kappa shape index (κ2) is 6.18. The quantitative estimate of drug-likeness (QED) is 0.576. The van der Waals surface area contributed by atoms with Crippen molar-refractivity contribution in [2.24, 2.45) is 16.9 Å². The third-order valence-corrected chi connectivity index (χ3v) is 3.20. The standard InChI is InChI=1S/C12H23N3S/c1-8(2)13-12(16)15-14-11-9(3)6-5-7-10(11)4/h8-10H,5-7H2,1-4H3,(H2,13,15,16)/t9-,10-/m1/s1. The zero-order valence-corrected chi connectivity index (χ0v) is 11.5. The summed E-state index contributed by atoms with van der Waals surface area (Å²) >= 11 is 5.15. The second-order valence-corrected chi connectivity index (χ2v) is 5.42. The molecule has 0 saturated heterocycles. The first-order valence-electron chi connectivity index (χ1n) is 6.14. The van der Waals surface area contributed by atoms with Crippen molar-refractivity contribution in [3.8, 4) is 0 Å². The van der Waals surface area contributed by atoms with Crippen molar-refractivity contribution < 1.29 is 0 Å². The molecule has 2 N–H and O–H groups in total. The maximum Gasteiger partial charge on any atom is 0.187 e. The largest absolute Gasteiger partial charge is 0.359 e.